The van der Waals surface area contributed by atoms with Crippen molar-refractivity contribution in [1.82, 2.24) is 9.78 Å². The molecule has 0 bridgehead atoms. The first kappa shape index (κ1) is 15.8. The number of ether oxygens (including phenoxy) is 2. The van der Waals surface area contributed by atoms with Gasteiger partial charge in [0.05, 0.1) is 12.3 Å². The number of hydrogen-bond acceptors (Lipinski definition) is 4. The van der Waals surface area contributed by atoms with Gasteiger partial charge in [-0.1, -0.05) is 29.8 Å². The zero-order valence-corrected chi connectivity index (χ0v) is 13.1. The van der Waals surface area contributed by atoms with Crippen molar-refractivity contribution >= 4 is 11.6 Å². The number of aliphatic hydroxyl groups excluding tert-OH is 1. The maximum absolute atomic E-state index is 10.7. The minimum atomic E-state index is -0.884. The SMILES string of the molecule is COCCOc1ccccc1C(O)c1c(C)nn(C)c1Cl. The first-order valence-electron chi connectivity index (χ1n) is 6.64. The fourth-order valence-electron chi connectivity index (χ4n) is 2.19. The highest BCUT2D eigenvalue weighted by molar-refractivity contribution is 6.30. The van der Waals surface area contributed by atoms with Crippen LogP contribution in [0.4, 0.5) is 0 Å². The van der Waals surface area contributed by atoms with Gasteiger partial charge in [0.1, 0.15) is 23.6 Å². The molecule has 0 spiro atoms. The molecule has 21 heavy (non-hydrogen) atoms. The predicted molar refractivity (Wildman–Crippen MR) is 80.8 cm³/mol. The van der Waals surface area contributed by atoms with Crippen molar-refractivity contribution in [1.29, 1.82) is 0 Å². The molecule has 2 aromatic rings. The Morgan fingerprint density at radius 1 is 1.33 bits per heavy atom. The Balaban J connectivity index is 2.32. The summed E-state index contributed by atoms with van der Waals surface area (Å²) in [4.78, 5) is 0. The van der Waals surface area contributed by atoms with Crippen LogP contribution in [0.2, 0.25) is 5.15 Å². The van der Waals surface area contributed by atoms with E-state index < -0.39 is 6.10 Å². The fraction of sp³-hybridized carbons (Fsp3) is 0.400. The van der Waals surface area contributed by atoms with E-state index in [0.717, 1.165) is 0 Å². The number of rotatable bonds is 6. The fourth-order valence-corrected chi connectivity index (χ4v) is 2.46. The molecule has 1 atom stereocenters. The summed E-state index contributed by atoms with van der Waals surface area (Å²) in [6.45, 7) is 2.72. The largest absolute Gasteiger partial charge is 0.491 e. The van der Waals surface area contributed by atoms with Crippen LogP contribution in [0.15, 0.2) is 24.3 Å². The molecule has 0 amide bonds. The Morgan fingerprint density at radius 3 is 2.67 bits per heavy atom. The predicted octanol–water partition coefficient (Wildman–Crippen LogP) is 2.49. The lowest BCUT2D eigenvalue weighted by molar-refractivity contribution is 0.142. The Kier molecular flexibility index (Phi) is 5.22. The highest BCUT2D eigenvalue weighted by Crippen LogP contribution is 2.35. The van der Waals surface area contributed by atoms with Crippen LogP contribution in [-0.4, -0.2) is 35.2 Å². The zero-order chi connectivity index (χ0) is 15.4. The number of aromatic nitrogens is 2. The molecule has 1 unspecified atom stereocenters. The lowest BCUT2D eigenvalue weighted by Gasteiger charge is -2.16. The normalized spacial score (nSPS) is 12.4. The van der Waals surface area contributed by atoms with Gasteiger partial charge in [-0.2, -0.15) is 5.10 Å². The highest BCUT2D eigenvalue weighted by atomic mass is 35.5. The second kappa shape index (κ2) is 6.93. The van der Waals surface area contributed by atoms with E-state index in [4.69, 9.17) is 21.1 Å². The van der Waals surface area contributed by atoms with Gasteiger partial charge in [-0.15, -0.1) is 0 Å². The van der Waals surface area contributed by atoms with Gasteiger partial charge in [-0.05, 0) is 13.0 Å². The van der Waals surface area contributed by atoms with Crippen molar-refractivity contribution in [2.45, 2.75) is 13.0 Å². The highest BCUT2D eigenvalue weighted by Gasteiger charge is 2.23. The van der Waals surface area contributed by atoms with Crippen LogP contribution in [0.3, 0.4) is 0 Å². The van der Waals surface area contributed by atoms with Gasteiger partial charge in [0.25, 0.3) is 0 Å². The number of aliphatic hydroxyl groups is 1. The number of benzene rings is 1. The molecule has 0 aliphatic heterocycles. The molecular weight excluding hydrogens is 292 g/mol. The summed E-state index contributed by atoms with van der Waals surface area (Å²) in [6, 6.07) is 7.33. The van der Waals surface area contributed by atoms with E-state index in [2.05, 4.69) is 5.10 Å². The van der Waals surface area contributed by atoms with Crippen LogP contribution < -0.4 is 4.74 Å². The van der Waals surface area contributed by atoms with Crippen LogP contribution in [0, 0.1) is 6.92 Å². The molecule has 0 aliphatic carbocycles. The van der Waals surface area contributed by atoms with Gasteiger partial charge < -0.3 is 14.6 Å². The van der Waals surface area contributed by atoms with Crippen LogP contribution >= 0.6 is 11.6 Å². The van der Waals surface area contributed by atoms with Gasteiger partial charge in [0.15, 0.2) is 0 Å². The van der Waals surface area contributed by atoms with Crippen molar-refractivity contribution in [2.75, 3.05) is 20.3 Å². The van der Waals surface area contributed by atoms with Crippen molar-refractivity contribution in [2.24, 2.45) is 7.05 Å². The molecule has 1 N–H and O–H groups in total. The topological polar surface area (TPSA) is 56.5 Å². The number of nitrogens with zero attached hydrogens (tertiary/aromatic N) is 2. The third-order valence-electron chi connectivity index (χ3n) is 3.23. The zero-order valence-electron chi connectivity index (χ0n) is 12.3. The van der Waals surface area contributed by atoms with E-state index >= 15 is 0 Å². The summed E-state index contributed by atoms with van der Waals surface area (Å²) >= 11 is 6.22. The molecule has 0 aliphatic rings. The average molecular weight is 311 g/mol. The summed E-state index contributed by atoms with van der Waals surface area (Å²) in [7, 11) is 3.36. The summed E-state index contributed by atoms with van der Waals surface area (Å²) in [5, 5.41) is 15.3. The number of aryl methyl sites for hydroxylation is 2. The Hall–Kier alpha value is -1.56. The van der Waals surface area contributed by atoms with Crippen LogP contribution in [0.1, 0.15) is 22.9 Å². The van der Waals surface area contributed by atoms with Crippen LogP contribution in [0.5, 0.6) is 5.75 Å². The van der Waals surface area contributed by atoms with E-state index in [1.807, 2.05) is 31.2 Å². The summed E-state index contributed by atoms with van der Waals surface area (Å²) in [5.41, 5.74) is 1.95. The van der Waals surface area contributed by atoms with E-state index in [1.165, 1.54) is 0 Å². The average Bonchev–Trinajstić information content (AvgIpc) is 2.72. The van der Waals surface area contributed by atoms with Gasteiger partial charge in [-0.25, -0.2) is 0 Å². The number of halogens is 1. The smallest absolute Gasteiger partial charge is 0.133 e. The Bertz CT molecular complexity index is 613. The molecule has 0 fully saturated rings. The molecule has 1 aromatic carbocycles. The molecule has 5 nitrogen and oxygen atoms in total. The van der Waals surface area contributed by atoms with Crippen LogP contribution in [-0.2, 0) is 11.8 Å². The third-order valence-corrected chi connectivity index (χ3v) is 3.68. The molecule has 6 heteroatoms. The lowest BCUT2D eigenvalue weighted by atomic mass is 10.0. The molecular formula is C15H19ClN2O3. The maximum atomic E-state index is 10.7. The number of methoxy groups -OCH3 is 1. The monoisotopic (exact) mass is 310 g/mol. The molecule has 0 saturated heterocycles. The molecule has 2 rings (SSSR count). The third kappa shape index (κ3) is 3.37. The van der Waals surface area contributed by atoms with E-state index in [9.17, 15) is 5.11 Å². The van der Waals surface area contributed by atoms with Gasteiger partial charge in [0, 0.05) is 25.3 Å². The standard InChI is InChI=1S/C15H19ClN2O3/c1-10-13(15(16)18(2)17-10)14(19)11-6-4-5-7-12(11)21-9-8-20-3/h4-7,14,19H,8-9H2,1-3H3. The molecule has 0 saturated carbocycles. The molecule has 1 aromatic heterocycles. The summed E-state index contributed by atoms with van der Waals surface area (Å²) in [6.07, 6.45) is -0.884. The molecule has 114 valence electrons. The first-order chi connectivity index (χ1) is 10.1. The summed E-state index contributed by atoms with van der Waals surface area (Å²) < 4.78 is 12.2. The van der Waals surface area contributed by atoms with Crippen LogP contribution in [0.25, 0.3) is 0 Å². The lowest BCUT2D eigenvalue weighted by Crippen LogP contribution is -2.09. The van der Waals surface area contributed by atoms with Crippen molar-refractivity contribution in [3.63, 3.8) is 0 Å². The second-order valence-electron chi connectivity index (χ2n) is 4.70. The minimum absolute atomic E-state index is 0.417. The van der Waals surface area contributed by atoms with Gasteiger partial charge >= 0.3 is 0 Å². The van der Waals surface area contributed by atoms with E-state index in [0.29, 0.717) is 40.9 Å². The quantitative estimate of drug-likeness (QED) is 0.833. The maximum Gasteiger partial charge on any atom is 0.133 e. The van der Waals surface area contributed by atoms with Crippen molar-refractivity contribution in [3.8, 4) is 5.75 Å². The number of hydrogen-bond donors (Lipinski definition) is 1. The minimum Gasteiger partial charge on any atom is -0.491 e. The molecule has 0 radical (unpaired) electrons. The van der Waals surface area contributed by atoms with Gasteiger partial charge in [-0.3, -0.25) is 4.68 Å². The van der Waals surface area contributed by atoms with E-state index in [1.54, 1.807) is 18.8 Å². The summed E-state index contributed by atoms with van der Waals surface area (Å²) in [5.74, 6) is 0.612. The van der Waals surface area contributed by atoms with E-state index in [-0.39, 0.29) is 0 Å². The van der Waals surface area contributed by atoms with Gasteiger partial charge in [0.2, 0.25) is 0 Å². The first-order valence-corrected chi connectivity index (χ1v) is 7.01. The number of para-hydroxylation sites is 1. The Morgan fingerprint density at radius 2 is 2.05 bits per heavy atom. The van der Waals surface area contributed by atoms with Crippen molar-refractivity contribution in [3.05, 3.63) is 46.2 Å². The Labute approximate surface area is 129 Å². The molecule has 1 heterocycles. The van der Waals surface area contributed by atoms with Crippen molar-refractivity contribution < 1.29 is 14.6 Å². The second-order valence-corrected chi connectivity index (χ2v) is 5.05.